The molecular formula is C15H20ClFN2O4. The molecular weight excluding hydrogens is 327 g/mol. The quantitative estimate of drug-likeness (QED) is 0.758. The van der Waals surface area contributed by atoms with Gasteiger partial charge in [0.2, 0.25) is 6.10 Å². The van der Waals surface area contributed by atoms with E-state index in [9.17, 15) is 19.1 Å². The maximum absolute atomic E-state index is 13.8. The summed E-state index contributed by atoms with van der Waals surface area (Å²) >= 11 is 5.66. The highest BCUT2D eigenvalue weighted by Gasteiger charge is 2.37. The first-order valence-corrected chi connectivity index (χ1v) is 7.26. The average molecular weight is 347 g/mol. The van der Waals surface area contributed by atoms with Gasteiger partial charge in [0.25, 0.3) is 5.91 Å². The first-order chi connectivity index (χ1) is 10.5. The number of nitrogens with one attached hydrogen (secondary N) is 1. The van der Waals surface area contributed by atoms with E-state index < -0.39 is 35.4 Å². The zero-order chi connectivity index (χ0) is 17.8. The van der Waals surface area contributed by atoms with Gasteiger partial charge in [-0.25, -0.2) is 9.18 Å². The molecule has 1 aromatic rings. The lowest BCUT2D eigenvalue weighted by molar-refractivity contribution is -0.140. The molecule has 8 heteroatoms. The Balaban J connectivity index is 2.85. The van der Waals surface area contributed by atoms with Crippen molar-refractivity contribution in [1.82, 2.24) is 5.32 Å². The summed E-state index contributed by atoms with van der Waals surface area (Å²) < 4.78 is 18.5. The molecule has 2 atom stereocenters. The van der Waals surface area contributed by atoms with E-state index in [1.165, 1.54) is 18.2 Å². The monoisotopic (exact) mass is 346 g/mol. The van der Waals surface area contributed by atoms with Gasteiger partial charge in [-0.2, -0.15) is 0 Å². The maximum atomic E-state index is 13.8. The Morgan fingerprint density at radius 3 is 2.57 bits per heavy atom. The van der Waals surface area contributed by atoms with E-state index in [0.29, 0.717) is 0 Å². The molecule has 23 heavy (non-hydrogen) atoms. The molecule has 128 valence electrons. The molecule has 0 aliphatic rings. The van der Waals surface area contributed by atoms with E-state index in [1.54, 1.807) is 20.8 Å². The van der Waals surface area contributed by atoms with Crippen LogP contribution in [0.25, 0.3) is 0 Å². The van der Waals surface area contributed by atoms with Gasteiger partial charge in [0.05, 0.1) is 5.02 Å². The first-order valence-electron chi connectivity index (χ1n) is 6.88. The van der Waals surface area contributed by atoms with Crippen LogP contribution in [0.3, 0.4) is 0 Å². The van der Waals surface area contributed by atoms with Gasteiger partial charge >= 0.3 is 6.09 Å². The van der Waals surface area contributed by atoms with Crippen LogP contribution in [0.4, 0.5) is 9.18 Å². The van der Waals surface area contributed by atoms with Gasteiger partial charge in [-0.15, -0.1) is 0 Å². The number of carbonyl (C=O) groups excluding carboxylic acids is 2. The average Bonchev–Trinajstić information content (AvgIpc) is 2.44. The highest BCUT2D eigenvalue weighted by atomic mass is 35.5. The van der Waals surface area contributed by atoms with Crippen molar-refractivity contribution in [3.05, 3.63) is 34.6 Å². The Bertz CT molecular complexity index is 589. The van der Waals surface area contributed by atoms with Gasteiger partial charge < -0.3 is 20.9 Å². The summed E-state index contributed by atoms with van der Waals surface area (Å²) in [6, 6.07) is 4.37. The maximum Gasteiger partial charge on any atom is 0.405 e. The van der Waals surface area contributed by atoms with Crippen LogP contribution in [0.2, 0.25) is 5.02 Å². The normalized spacial score (nSPS) is 14.0. The van der Waals surface area contributed by atoms with E-state index in [1.807, 2.05) is 0 Å². The number of carbonyl (C=O) groups is 2. The third-order valence-corrected chi connectivity index (χ3v) is 3.45. The number of halogens is 2. The second-order valence-electron chi connectivity index (χ2n) is 6.10. The fourth-order valence-electron chi connectivity index (χ4n) is 1.81. The second kappa shape index (κ2) is 7.61. The van der Waals surface area contributed by atoms with Crippen LogP contribution >= 0.6 is 11.6 Å². The first kappa shape index (κ1) is 19.2. The molecule has 0 saturated carbocycles. The SMILES string of the molecule is CC(C)(C)C(O)[C@H](OC(N)=O)C(=O)NCc1cccc(Cl)c1F. The summed E-state index contributed by atoms with van der Waals surface area (Å²) in [6.07, 6.45) is -3.99. The molecule has 0 heterocycles. The van der Waals surface area contributed by atoms with Crippen molar-refractivity contribution < 1.29 is 23.8 Å². The van der Waals surface area contributed by atoms with Crippen LogP contribution in [0.5, 0.6) is 0 Å². The minimum atomic E-state index is -1.50. The van der Waals surface area contributed by atoms with Crippen LogP contribution in [-0.2, 0) is 16.1 Å². The largest absolute Gasteiger partial charge is 0.433 e. The van der Waals surface area contributed by atoms with E-state index in [-0.39, 0.29) is 17.1 Å². The zero-order valence-corrected chi connectivity index (χ0v) is 13.9. The number of hydrogen-bond acceptors (Lipinski definition) is 4. The Labute approximate surface area is 138 Å². The van der Waals surface area contributed by atoms with Crippen LogP contribution in [-0.4, -0.2) is 29.3 Å². The predicted octanol–water partition coefficient (Wildman–Crippen LogP) is 1.97. The lowest BCUT2D eigenvalue weighted by Gasteiger charge is -2.31. The van der Waals surface area contributed by atoms with Crippen molar-refractivity contribution in [3.8, 4) is 0 Å². The van der Waals surface area contributed by atoms with Crippen LogP contribution in [0.1, 0.15) is 26.3 Å². The third-order valence-electron chi connectivity index (χ3n) is 3.16. The van der Waals surface area contributed by atoms with Crippen LogP contribution in [0.15, 0.2) is 18.2 Å². The van der Waals surface area contributed by atoms with Crippen LogP contribution < -0.4 is 11.1 Å². The van der Waals surface area contributed by atoms with Crippen molar-refractivity contribution >= 4 is 23.6 Å². The molecule has 0 aliphatic heterocycles. The van der Waals surface area contributed by atoms with Crippen LogP contribution in [0, 0.1) is 11.2 Å². The number of aliphatic hydroxyl groups excluding tert-OH is 1. The standard InChI is InChI=1S/C15H20ClFN2O4/c1-15(2,3)12(20)11(23-14(18)22)13(21)19-7-8-5-4-6-9(16)10(8)17/h4-6,11-12,20H,7H2,1-3H3,(H2,18,22)(H,19,21)/t11-,12?/m0/s1. The summed E-state index contributed by atoms with van der Waals surface area (Å²) in [5.74, 6) is -1.44. The highest BCUT2D eigenvalue weighted by molar-refractivity contribution is 6.30. The van der Waals surface area contributed by atoms with Crippen molar-refractivity contribution in [2.45, 2.75) is 39.5 Å². The van der Waals surface area contributed by atoms with E-state index in [2.05, 4.69) is 5.32 Å². The molecule has 2 amide bonds. The minimum absolute atomic E-state index is 0.0728. The number of benzene rings is 1. The van der Waals surface area contributed by atoms with Gasteiger partial charge in [-0.1, -0.05) is 44.5 Å². The summed E-state index contributed by atoms with van der Waals surface area (Å²) in [6.45, 7) is 4.82. The fraction of sp³-hybridized carbons (Fsp3) is 0.467. The molecule has 0 aromatic heterocycles. The van der Waals surface area contributed by atoms with E-state index >= 15 is 0 Å². The number of aliphatic hydroxyl groups is 1. The van der Waals surface area contributed by atoms with Crippen molar-refractivity contribution in [2.24, 2.45) is 11.1 Å². The number of amides is 2. The Morgan fingerprint density at radius 2 is 2.04 bits per heavy atom. The Morgan fingerprint density at radius 1 is 1.43 bits per heavy atom. The summed E-state index contributed by atoms with van der Waals surface area (Å²) in [5, 5.41) is 12.5. The molecule has 1 unspecified atom stereocenters. The van der Waals surface area contributed by atoms with Gasteiger partial charge in [0, 0.05) is 12.1 Å². The molecule has 0 fully saturated rings. The summed E-state index contributed by atoms with van der Waals surface area (Å²) in [5.41, 5.74) is 4.36. The zero-order valence-electron chi connectivity index (χ0n) is 13.1. The number of ether oxygens (including phenoxy) is 1. The van der Waals surface area contributed by atoms with Gasteiger partial charge in [-0.05, 0) is 11.5 Å². The van der Waals surface area contributed by atoms with E-state index in [4.69, 9.17) is 22.1 Å². The van der Waals surface area contributed by atoms with Crippen molar-refractivity contribution in [2.75, 3.05) is 0 Å². The minimum Gasteiger partial charge on any atom is -0.433 e. The van der Waals surface area contributed by atoms with Gasteiger partial charge in [-0.3, -0.25) is 4.79 Å². The molecule has 1 rings (SSSR count). The summed E-state index contributed by atoms with van der Waals surface area (Å²) in [7, 11) is 0. The number of nitrogens with two attached hydrogens (primary N) is 1. The lowest BCUT2D eigenvalue weighted by Crippen LogP contribution is -2.50. The second-order valence-corrected chi connectivity index (χ2v) is 6.51. The number of hydrogen-bond donors (Lipinski definition) is 3. The number of rotatable bonds is 5. The molecule has 0 aliphatic carbocycles. The Hall–Kier alpha value is -1.86. The Kier molecular flexibility index (Phi) is 6.35. The van der Waals surface area contributed by atoms with Gasteiger partial charge in [0.15, 0.2) is 0 Å². The molecule has 1 aromatic carbocycles. The topological polar surface area (TPSA) is 102 Å². The van der Waals surface area contributed by atoms with Crippen molar-refractivity contribution in [3.63, 3.8) is 0 Å². The molecule has 4 N–H and O–H groups in total. The van der Waals surface area contributed by atoms with E-state index in [0.717, 1.165) is 0 Å². The summed E-state index contributed by atoms with van der Waals surface area (Å²) in [4.78, 5) is 23.1. The smallest absolute Gasteiger partial charge is 0.405 e. The third kappa shape index (κ3) is 5.37. The van der Waals surface area contributed by atoms with Crippen molar-refractivity contribution in [1.29, 1.82) is 0 Å². The molecule has 0 radical (unpaired) electrons. The number of primary amides is 1. The van der Waals surface area contributed by atoms with Gasteiger partial charge in [0.1, 0.15) is 11.9 Å². The fourth-order valence-corrected chi connectivity index (χ4v) is 2.00. The highest BCUT2D eigenvalue weighted by Crippen LogP contribution is 2.24. The lowest BCUT2D eigenvalue weighted by atomic mass is 9.85. The molecule has 6 nitrogen and oxygen atoms in total. The predicted molar refractivity (Wildman–Crippen MR) is 83.2 cm³/mol. The molecule has 0 spiro atoms. The molecule has 0 bridgehead atoms. The molecule has 0 saturated heterocycles.